The van der Waals surface area contributed by atoms with Crippen LogP contribution >= 0.6 is 0 Å². The first-order valence-electron chi connectivity index (χ1n) is 6.78. The molecule has 18 heavy (non-hydrogen) atoms. The molecular weight excluding hydrogens is 226 g/mol. The van der Waals surface area contributed by atoms with Crippen LogP contribution in [0.3, 0.4) is 0 Å². The number of aromatic nitrogens is 1. The predicted molar refractivity (Wildman–Crippen MR) is 70.3 cm³/mol. The SMILES string of the molecule is O=C(NC1CC1)C1CCN(c2ccncc2)CC1. The lowest BCUT2D eigenvalue weighted by Crippen LogP contribution is -2.41. The lowest BCUT2D eigenvalue weighted by Gasteiger charge is -2.32. The van der Waals surface area contributed by atoms with E-state index < -0.39 is 0 Å². The van der Waals surface area contributed by atoms with Crippen LogP contribution in [0.25, 0.3) is 0 Å². The van der Waals surface area contributed by atoms with Crippen molar-refractivity contribution in [3.8, 4) is 0 Å². The number of hydrogen-bond donors (Lipinski definition) is 1. The molecule has 2 aliphatic rings. The summed E-state index contributed by atoms with van der Waals surface area (Å²) >= 11 is 0. The first kappa shape index (κ1) is 11.5. The zero-order valence-electron chi connectivity index (χ0n) is 10.5. The second kappa shape index (κ2) is 4.96. The zero-order chi connectivity index (χ0) is 12.4. The molecule has 96 valence electrons. The van der Waals surface area contributed by atoms with E-state index in [2.05, 4.69) is 15.2 Å². The topological polar surface area (TPSA) is 45.2 Å². The summed E-state index contributed by atoms with van der Waals surface area (Å²) in [5.74, 6) is 0.482. The summed E-state index contributed by atoms with van der Waals surface area (Å²) in [5, 5.41) is 3.11. The minimum Gasteiger partial charge on any atom is -0.371 e. The summed E-state index contributed by atoms with van der Waals surface area (Å²) in [6, 6.07) is 4.55. The van der Waals surface area contributed by atoms with E-state index in [4.69, 9.17) is 0 Å². The van der Waals surface area contributed by atoms with E-state index in [1.807, 2.05) is 24.5 Å². The number of rotatable bonds is 3. The van der Waals surface area contributed by atoms with Gasteiger partial charge in [0.1, 0.15) is 0 Å². The third-order valence-corrected chi connectivity index (χ3v) is 3.82. The summed E-state index contributed by atoms with van der Waals surface area (Å²) in [6.07, 6.45) is 7.90. The minimum absolute atomic E-state index is 0.212. The molecule has 1 aromatic heterocycles. The number of hydrogen-bond acceptors (Lipinski definition) is 3. The van der Waals surface area contributed by atoms with Crippen molar-refractivity contribution in [1.29, 1.82) is 0 Å². The molecule has 1 N–H and O–H groups in total. The van der Waals surface area contributed by atoms with E-state index >= 15 is 0 Å². The molecule has 4 heteroatoms. The molecule has 0 unspecified atom stereocenters. The third-order valence-electron chi connectivity index (χ3n) is 3.82. The molecule has 0 bridgehead atoms. The Morgan fingerprint density at radius 3 is 2.44 bits per heavy atom. The Morgan fingerprint density at radius 2 is 1.83 bits per heavy atom. The van der Waals surface area contributed by atoms with Crippen molar-refractivity contribution in [1.82, 2.24) is 10.3 Å². The zero-order valence-corrected chi connectivity index (χ0v) is 10.5. The van der Waals surface area contributed by atoms with Crippen molar-refractivity contribution >= 4 is 11.6 Å². The highest BCUT2D eigenvalue weighted by Crippen LogP contribution is 2.25. The molecule has 1 aliphatic heterocycles. The van der Waals surface area contributed by atoms with Gasteiger partial charge in [0, 0.05) is 43.1 Å². The quantitative estimate of drug-likeness (QED) is 0.879. The summed E-state index contributed by atoms with van der Waals surface area (Å²) in [4.78, 5) is 18.3. The summed E-state index contributed by atoms with van der Waals surface area (Å²) in [7, 11) is 0. The van der Waals surface area contributed by atoms with E-state index in [0.29, 0.717) is 6.04 Å². The van der Waals surface area contributed by atoms with Crippen LogP contribution < -0.4 is 10.2 Å². The molecule has 2 heterocycles. The van der Waals surface area contributed by atoms with E-state index in [0.717, 1.165) is 25.9 Å². The van der Waals surface area contributed by atoms with Gasteiger partial charge in [-0.1, -0.05) is 0 Å². The van der Waals surface area contributed by atoms with Crippen molar-refractivity contribution in [3.05, 3.63) is 24.5 Å². The number of carbonyl (C=O) groups excluding carboxylic acids is 1. The Bertz CT molecular complexity index is 408. The Morgan fingerprint density at radius 1 is 1.17 bits per heavy atom. The molecule has 4 nitrogen and oxygen atoms in total. The Hall–Kier alpha value is -1.58. The monoisotopic (exact) mass is 245 g/mol. The van der Waals surface area contributed by atoms with E-state index in [1.54, 1.807) is 0 Å². The maximum Gasteiger partial charge on any atom is 0.223 e. The molecule has 0 aromatic carbocycles. The van der Waals surface area contributed by atoms with Gasteiger partial charge in [-0.3, -0.25) is 9.78 Å². The van der Waals surface area contributed by atoms with E-state index in [-0.39, 0.29) is 11.8 Å². The van der Waals surface area contributed by atoms with Crippen molar-refractivity contribution in [3.63, 3.8) is 0 Å². The maximum absolute atomic E-state index is 12.0. The van der Waals surface area contributed by atoms with Crippen LogP contribution in [0.15, 0.2) is 24.5 Å². The summed E-state index contributed by atoms with van der Waals surface area (Å²) in [6.45, 7) is 1.93. The average molecular weight is 245 g/mol. The second-order valence-corrected chi connectivity index (χ2v) is 5.25. The highest BCUT2D eigenvalue weighted by Gasteiger charge is 2.29. The number of pyridine rings is 1. The molecule has 1 saturated carbocycles. The number of nitrogens with one attached hydrogen (secondary N) is 1. The lowest BCUT2D eigenvalue weighted by atomic mass is 9.95. The van der Waals surface area contributed by atoms with Gasteiger partial charge in [-0.05, 0) is 37.8 Å². The molecule has 1 saturated heterocycles. The molecule has 3 rings (SSSR count). The van der Waals surface area contributed by atoms with Gasteiger partial charge in [-0.2, -0.15) is 0 Å². The van der Waals surface area contributed by atoms with Crippen LogP contribution in [0, 0.1) is 5.92 Å². The fourth-order valence-corrected chi connectivity index (χ4v) is 2.50. The fraction of sp³-hybridized carbons (Fsp3) is 0.571. The molecule has 0 atom stereocenters. The molecule has 2 fully saturated rings. The van der Waals surface area contributed by atoms with Gasteiger partial charge < -0.3 is 10.2 Å². The first-order valence-corrected chi connectivity index (χ1v) is 6.78. The van der Waals surface area contributed by atoms with Gasteiger partial charge in [-0.15, -0.1) is 0 Å². The molecule has 1 amide bonds. The molecular formula is C14H19N3O. The average Bonchev–Trinajstić information content (AvgIpc) is 3.24. The van der Waals surface area contributed by atoms with Crippen LogP contribution in [-0.2, 0) is 4.79 Å². The van der Waals surface area contributed by atoms with Gasteiger partial charge in [0.25, 0.3) is 0 Å². The van der Waals surface area contributed by atoms with Crippen molar-refractivity contribution in [2.45, 2.75) is 31.7 Å². The summed E-state index contributed by atoms with van der Waals surface area (Å²) in [5.41, 5.74) is 1.21. The first-order chi connectivity index (χ1) is 8.83. The van der Waals surface area contributed by atoms with Crippen molar-refractivity contribution < 1.29 is 4.79 Å². The minimum atomic E-state index is 0.212. The summed E-state index contributed by atoms with van der Waals surface area (Å²) < 4.78 is 0. The second-order valence-electron chi connectivity index (χ2n) is 5.25. The Balaban J connectivity index is 1.53. The number of piperidine rings is 1. The van der Waals surface area contributed by atoms with Crippen LogP contribution in [-0.4, -0.2) is 30.0 Å². The Labute approximate surface area is 107 Å². The highest BCUT2D eigenvalue weighted by molar-refractivity contribution is 5.79. The van der Waals surface area contributed by atoms with Crippen LogP contribution in [0.4, 0.5) is 5.69 Å². The predicted octanol–water partition coefficient (Wildman–Crippen LogP) is 1.58. The van der Waals surface area contributed by atoms with Gasteiger partial charge in [0.15, 0.2) is 0 Å². The fourth-order valence-electron chi connectivity index (χ4n) is 2.50. The lowest BCUT2D eigenvalue weighted by molar-refractivity contribution is -0.125. The standard InChI is InChI=1S/C14H19N3O/c18-14(16-12-1-2-12)11-5-9-17(10-6-11)13-3-7-15-8-4-13/h3-4,7-8,11-12H,1-2,5-6,9-10H2,(H,16,18). The van der Waals surface area contributed by atoms with E-state index in [1.165, 1.54) is 18.5 Å². The van der Waals surface area contributed by atoms with Gasteiger partial charge >= 0.3 is 0 Å². The molecule has 1 aromatic rings. The van der Waals surface area contributed by atoms with E-state index in [9.17, 15) is 4.79 Å². The highest BCUT2D eigenvalue weighted by atomic mass is 16.2. The van der Waals surface area contributed by atoms with Crippen LogP contribution in [0.2, 0.25) is 0 Å². The number of amides is 1. The molecule has 0 radical (unpaired) electrons. The van der Waals surface area contributed by atoms with Crippen molar-refractivity contribution in [2.24, 2.45) is 5.92 Å². The van der Waals surface area contributed by atoms with Gasteiger partial charge in [0.05, 0.1) is 0 Å². The Kier molecular flexibility index (Phi) is 3.17. The van der Waals surface area contributed by atoms with Gasteiger partial charge in [0.2, 0.25) is 5.91 Å². The normalized spacial score (nSPS) is 20.8. The molecule has 0 spiro atoms. The number of carbonyl (C=O) groups is 1. The largest absolute Gasteiger partial charge is 0.371 e. The smallest absolute Gasteiger partial charge is 0.223 e. The van der Waals surface area contributed by atoms with Crippen molar-refractivity contribution in [2.75, 3.05) is 18.0 Å². The number of nitrogens with zero attached hydrogens (tertiary/aromatic N) is 2. The van der Waals surface area contributed by atoms with Crippen LogP contribution in [0.5, 0.6) is 0 Å². The van der Waals surface area contributed by atoms with Crippen LogP contribution in [0.1, 0.15) is 25.7 Å². The van der Waals surface area contributed by atoms with Gasteiger partial charge in [-0.25, -0.2) is 0 Å². The molecule has 1 aliphatic carbocycles. The maximum atomic E-state index is 12.0. The number of anilines is 1. The third kappa shape index (κ3) is 2.63.